The third-order valence-corrected chi connectivity index (χ3v) is 12.6. The number of phenols is 1. The molecule has 0 aliphatic heterocycles. The van der Waals surface area contributed by atoms with Crippen molar-refractivity contribution in [3.05, 3.63) is 132 Å². The molecule has 0 aliphatic carbocycles. The van der Waals surface area contributed by atoms with Crippen molar-refractivity contribution >= 4 is 0 Å². The molecule has 3 unspecified atom stereocenters. The van der Waals surface area contributed by atoms with Crippen LogP contribution in [0.5, 0.6) is 5.75 Å². The van der Waals surface area contributed by atoms with E-state index in [-0.39, 0.29) is 0 Å². The van der Waals surface area contributed by atoms with Crippen molar-refractivity contribution < 1.29 is 5.11 Å². The molecule has 282 valence electrons. The Labute approximate surface area is 319 Å². The molecule has 0 saturated carbocycles. The number of hydrogen-bond donors (Lipinski definition) is 1. The van der Waals surface area contributed by atoms with Gasteiger partial charge in [-0.05, 0) is 184 Å². The summed E-state index contributed by atoms with van der Waals surface area (Å²) in [5, 5.41) is 11.8. The van der Waals surface area contributed by atoms with Gasteiger partial charge in [-0.2, -0.15) is 0 Å². The molecule has 1 N–H and O–H groups in total. The third-order valence-electron chi connectivity index (χ3n) is 12.6. The summed E-state index contributed by atoms with van der Waals surface area (Å²) in [4.78, 5) is 0. The lowest BCUT2D eigenvalue weighted by Crippen LogP contribution is -2.14. The van der Waals surface area contributed by atoms with Crippen LogP contribution in [-0.4, -0.2) is 5.11 Å². The molecule has 1 heteroatoms. The van der Waals surface area contributed by atoms with Gasteiger partial charge in [-0.1, -0.05) is 126 Å². The smallest absolute Gasteiger partial charge is 0.119 e. The molecule has 4 aromatic rings. The van der Waals surface area contributed by atoms with Crippen LogP contribution < -0.4 is 0 Å². The molecule has 0 bridgehead atoms. The van der Waals surface area contributed by atoms with Gasteiger partial charge in [-0.15, -0.1) is 0 Å². The predicted molar refractivity (Wildman–Crippen MR) is 228 cm³/mol. The van der Waals surface area contributed by atoms with Gasteiger partial charge in [0.05, 0.1) is 0 Å². The Morgan fingerprint density at radius 1 is 0.327 bits per heavy atom. The number of aromatic hydroxyl groups is 1. The van der Waals surface area contributed by atoms with Crippen molar-refractivity contribution in [2.24, 2.45) is 0 Å². The lowest BCUT2D eigenvalue weighted by atomic mass is 9.78. The first-order valence-electron chi connectivity index (χ1n) is 21.3. The molecule has 0 heterocycles. The van der Waals surface area contributed by atoms with E-state index in [1.165, 1.54) is 55.6 Å². The van der Waals surface area contributed by atoms with Crippen LogP contribution in [0.3, 0.4) is 0 Å². The highest BCUT2D eigenvalue weighted by Crippen LogP contribution is 2.39. The molecule has 3 atom stereocenters. The van der Waals surface area contributed by atoms with Gasteiger partial charge in [0.1, 0.15) is 5.75 Å². The zero-order valence-electron chi connectivity index (χ0n) is 35.3. The van der Waals surface area contributed by atoms with Crippen LogP contribution in [0.1, 0.15) is 184 Å². The predicted octanol–water partition coefficient (Wildman–Crippen LogP) is 13.5. The summed E-state index contributed by atoms with van der Waals surface area (Å²) in [6.45, 7) is 28.0. The number of hydrogen-bond acceptors (Lipinski definition) is 1. The summed E-state index contributed by atoms with van der Waals surface area (Å²) in [7, 11) is 0. The molecule has 0 aromatic heterocycles. The first kappa shape index (κ1) is 41.4. The largest absolute Gasteiger partial charge is 0.508 e. The van der Waals surface area contributed by atoms with Crippen LogP contribution in [-0.2, 0) is 77.0 Å². The van der Waals surface area contributed by atoms with Crippen LogP contribution in [0.25, 0.3) is 0 Å². The SMILES string of the molecule is CCc1ccc(C(C)Cc2ccc(O)c(CC(C)c3ccc(CC)c(CC)c3CC)c2CC(C)c2ccc(CC)c(CC)c2CC)c(CC)c1CC. The average Bonchev–Trinajstić information content (AvgIpc) is 3.17. The van der Waals surface area contributed by atoms with Crippen LogP contribution >= 0.6 is 0 Å². The van der Waals surface area contributed by atoms with Crippen molar-refractivity contribution in [2.75, 3.05) is 0 Å². The Kier molecular flexibility index (Phi) is 15.3. The Bertz CT molecular complexity index is 1790. The summed E-state index contributed by atoms with van der Waals surface area (Å²) >= 11 is 0. The second-order valence-corrected chi connectivity index (χ2v) is 15.5. The monoisotopic (exact) mass is 701 g/mol. The fourth-order valence-corrected chi connectivity index (χ4v) is 9.91. The van der Waals surface area contributed by atoms with Crippen molar-refractivity contribution in [1.82, 2.24) is 0 Å². The van der Waals surface area contributed by atoms with Gasteiger partial charge in [0.25, 0.3) is 0 Å². The highest BCUT2D eigenvalue weighted by atomic mass is 16.3. The Hall–Kier alpha value is -3.32. The second kappa shape index (κ2) is 19.1. The molecule has 0 radical (unpaired) electrons. The second-order valence-electron chi connectivity index (χ2n) is 15.5. The van der Waals surface area contributed by atoms with Crippen LogP contribution in [0.4, 0.5) is 0 Å². The van der Waals surface area contributed by atoms with Crippen LogP contribution in [0.15, 0.2) is 48.5 Å². The fourth-order valence-electron chi connectivity index (χ4n) is 9.91. The third kappa shape index (κ3) is 8.56. The summed E-state index contributed by atoms with van der Waals surface area (Å²) in [6.07, 6.45) is 12.4. The Balaban J connectivity index is 1.87. The van der Waals surface area contributed by atoms with E-state index >= 15 is 0 Å². The number of benzene rings is 4. The standard InChI is InChI=1S/C51H72O/c1-13-36-22-26-46(43(19-7)40(36)16-4)33(10)30-39-25-29-51(52)50(32-35(12)48-28-24-38(15-3)42(18-6)45(48)21-9)49(39)31-34(11)47-27-23-37(14-2)41(17-5)44(47)20-8/h22-29,33-35,52H,13-21,30-32H2,1-12H3. The van der Waals surface area contributed by atoms with E-state index < -0.39 is 0 Å². The van der Waals surface area contributed by atoms with Gasteiger partial charge in [0.15, 0.2) is 0 Å². The summed E-state index contributed by atoms with van der Waals surface area (Å²) in [6, 6.07) is 18.7. The number of aryl methyl sites for hydroxylation is 3. The maximum Gasteiger partial charge on any atom is 0.119 e. The normalized spacial score (nSPS) is 13.4. The van der Waals surface area contributed by atoms with Gasteiger partial charge >= 0.3 is 0 Å². The van der Waals surface area contributed by atoms with Gasteiger partial charge in [0, 0.05) is 0 Å². The highest BCUT2D eigenvalue weighted by Gasteiger charge is 2.25. The van der Waals surface area contributed by atoms with Crippen molar-refractivity contribution in [3.63, 3.8) is 0 Å². The van der Waals surface area contributed by atoms with E-state index in [1.54, 1.807) is 22.3 Å². The van der Waals surface area contributed by atoms with E-state index in [0.29, 0.717) is 23.5 Å². The summed E-state index contributed by atoms with van der Waals surface area (Å²) in [5.74, 6) is 1.50. The quantitative estimate of drug-likeness (QED) is 0.110. The highest BCUT2D eigenvalue weighted by molar-refractivity contribution is 5.51. The molecular formula is C51H72O. The molecule has 0 fully saturated rings. The van der Waals surface area contributed by atoms with Crippen LogP contribution in [0, 0.1) is 0 Å². The molecule has 0 spiro atoms. The number of phenolic OH excluding ortho intramolecular Hbond substituents is 1. The zero-order chi connectivity index (χ0) is 38.1. The molecule has 0 aliphatic rings. The zero-order valence-corrected chi connectivity index (χ0v) is 35.3. The minimum Gasteiger partial charge on any atom is -0.508 e. The maximum absolute atomic E-state index is 11.8. The molecule has 1 nitrogen and oxygen atoms in total. The molecular weight excluding hydrogens is 629 g/mol. The molecule has 4 rings (SSSR count). The van der Waals surface area contributed by atoms with E-state index in [4.69, 9.17) is 0 Å². The van der Waals surface area contributed by atoms with E-state index in [9.17, 15) is 5.11 Å². The lowest BCUT2D eigenvalue weighted by Gasteiger charge is -2.27. The van der Waals surface area contributed by atoms with Gasteiger partial charge < -0.3 is 5.11 Å². The molecule has 0 saturated heterocycles. The minimum absolute atomic E-state index is 0.306. The van der Waals surface area contributed by atoms with E-state index in [2.05, 4.69) is 126 Å². The van der Waals surface area contributed by atoms with Gasteiger partial charge in [-0.3, -0.25) is 0 Å². The first-order chi connectivity index (χ1) is 25.1. The first-order valence-corrected chi connectivity index (χ1v) is 21.3. The Morgan fingerprint density at radius 2 is 0.635 bits per heavy atom. The number of rotatable bonds is 18. The average molecular weight is 701 g/mol. The van der Waals surface area contributed by atoms with Gasteiger partial charge in [0.2, 0.25) is 0 Å². The minimum atomic E-state index is 0.306. The van der Waals surface area contributed by atoms with Gasteiger partial charge in [-0.25, -0.2) is 0 Å². The van der Waals surface area contributed by atoms with Crippen molar-refractivity contribution in [3.8, 4) is 5.75 Å². The molecule has 0 amide bonds. The van der Waals surface area contributed by atoms with E-state index in [1.807, 2.05) is 6.07 Å². The van der Waals surface area contributed by atoms with Crippen LogP contribution in [0.2, 0.25) is 0 Å². The van der Waals surface area contributed by atoms with Crippen molar-refractivity contribution in [1.29, 1.82) is 0 Å². The maximum atomic E-state index is 11.8. The molecule has 52 heavy (non-hydrogen) atoms. The lowest BCUT2D eigenvalue weighted by molar-refractivity contribution is 0.463. The fraction of sp³-hybridized carbons (Fsp3) is 0.529. The van der Waals surface area contributed by atoms with Crippen molar-refractivity contribution in [2.45, 2.75) is 178 Å². The van der Waals surface area contributed by atoms with E-state index in [0.717, 1.165) is 82.6 Å². The summed E-state index contributed by atoms with van der Waals surface area (Å²) < 4.78 is 0. The molecule has 4 aromatic carbocycles. The topological polar surface area (TPSA) is 20.2 Å². The Morgan fingerprint density at radius 3 is 0.962 bits per heavy atom. The summed E-state index contributed by atoms with van der Waals surface area (Å²) in [5.41, 5.74) is 22.2.